The van der Waals surface area contributed by atoms with Crippen LogP contribution in [0.3, 0.4) is 0 Å². The fourth-order valence-corrected chi connectivity index (χ4v) is 2.78. The fraction of sp³-hybridized carbons (Fsp3) is 0.211. The molecule has 0 aliphatic heterocycles. The van der Waals surface area contributed by atoms with Gasteiger partial charge in [0.05, 0.1) is 23.0 Å². The van der Waals surface area contributed by atoms with Crippen molar-refractivity contribution in [3.05, 3.63) is 77.1 Å². The lowest BCUT2D eigenvalue weighted by Gasteiger charge is -2.13. The average Bonchev–Trinajstić information content (AvgIpc) is 3.13. The quantitative estimate of drug-likeness (QED) is 0.591. The largest absolute Gasteiger partial charge is 0.434 e. The molecule has 3 aromatic rings. The van der Waals surface area contributed by atoms with E-state index in [1.807, 2.05) is 0 Å². The predicted octanol–water partition coefficient (Wildman–Crippen LogP) is 4.42. The molecule has 1 amide bonds. The van der Waals surface area contributed by atoms with Crippen LogP contribution in [0, 0.1) is 5.82 Å². The van der Waals surface area contributed by atoms with Gasteiger partial charge in [-0.1, -0.05) is 6.07 Å². The van der Waals surface area contributed by atoms with Gasteiger partial charge in [0.2, 0.25) is 0 Å². The maximum atomic E-state index is 13.6. The van der Waals surface area contributed by atoms with E-state index in [-0.39, 0.29) is 24.3 Å². The minimum Gasteiger partial charge on any atom is -0.352 e. The van der Waals surface area contributed by atoms with E-state index in [0.717, 1.165) is 30.5 Å². The van der Waals surface area contributed by atoms with Crippen LogP contribution >= 0.6 is 0 Å². The molecule has 5 nitrogen and oxygen atoms in total. The van der Waals surface area contributed by atoms with Gasteiger partial charge < -0.3 is 5.32 Å². The highest BCUT2D eigenvalue weighted by atomic mass is 19.4. The summed E-state index contributed by atoms with van der Waals surface area (Å²) in [6, 6.07) is 5.80. The minimum absolute atomic E-state index is 0.00151. The first kappa shape index (κ1) is 22.2. The van der Waals surface area contributed by atoms with Crippen molar-refractivity contribution >= 4 is 5.91 Å². The lowest BCUT2D eigenvalue weighted by molar-refractivity contribution is -0.143. The molecule has 0 unspecified atom stereocenters. The number of pyridine rings is 1. The molecule has 31 heavy (non-hydrogen) atoms. The van der Waals surface area contributed by atoms with Crippen molar-refractivity contribution in [2.75, 3.05) is 6.54 Å². The van der Waals surface area contributed by atoms with Crippen LogP contribution < -0.4 is 5.32 Å². The molecule has 0 atom stereocenters. The number of nitrogens with zero attached hydrogens (tertiary/aromatic N) is 3. The number of benzene rings is 1. The Kier molecular flexibility index (Phi) is 6.00. The molecule has 0 bridgehead atoms. The van der Waals surface area contributed by atoms with Crippen LogP contribution in [0.25, 0.3) is 5.69 Å². The van der Waals surface area contributed by atoms with Crippen molar-refractivity contribution in [1.29, 1.82) is 0 Å². The summed E-state index contributed by atoms with van der Waals surface area (Å²) in [6.07, 6.45) is -8.07. The molecule has 0 saturated heterocycles. The van der Waals surface area contributed by atoms with Crippen LogP contribution in [0.1, 0.15) is 27.3 Å². The van der Waals surface area contributed by atoms with Gasteiger partial charge in [0, 0.05) is 24.9 Å². The molecule has 0 spiro atoms. The molecular weight excluding hydrogens is 433 g/mol. The second-order valence-corrected chi connectivity index (χ2v) is 6.34. The maximum Gasteiger partial charge on any atom is 0.434 e. The number of alkyl halides is 6. The van der Waals surface area contributed by atoms with Gasteiger partial charge in [0.15, 0.2) is 5.69 Å². The number of carbonyl (C=O) groups excluding carboxylic acids is 1. The van der Waals surface area contributed by atoms with Crippen molar-refractivity contribution in [3.8, 4) is 5.69 Å². The van der Waals surface area contributed by atoms with Crippen LogP contribution in [0.5, 0.6) is 0 Å². The third-order valence-corrected chi connectivity index (χ3v) is 4.15. The zero-order chi connectivity index (χ0) is 22.8. The highest BCUT2D eigenvalue weighted by Gasteiger charge is 2.40. The van der Waals surface area contributed by atoms with Crippen LogP contribution in [-0.4, -0.2) is 27.2 Å². The summed E-state index contributed by atoms with van der Waals surface area (Å²) in [4.78, 5) is 16.0. The van der Waals surface area contributed by atoms with Gasteiger partial charge in [-0.05, 0) is 30.3 Å². The smallest absolute Gasteiger partial charge is 0.352 e. The topological polar surface area (TPSA) is 59.8 Å². The summed E-state index contributed by atoms with van der Waals surface area (Å²) < 4.78 is 92.7. The second-order valence-electron chi connectivity index (χ2n) is 6.34. The third-order valence-electron chi connectivity index (χ3n) is 4.15. The lowest BCUT2D eigenvalue weighted by atomic mass is 10.1. The molecule has 2 aromatic heterocycles. The van der Waals surface area contributed by atoms with E-state index in [0.29, 0.717) is 10.9 Å². The maximum absolute atomic E-state index is 13.6. The van der Waals surface area contributed by atoms with Crippen LogP contribution in [0.2, 0.25) is 0 Å². The summed E-state index contributed by atoms with van der Waals surface area (Å²) in [7, 11) is 0. The van der Waals surface area contributed by atoms with Crippen LogP contribution in [0.4, 0.5) is 30.7 Å². The molecule has 0 saturated carbocycles. The SMILES string of the molecule is O=C(NCCc1cc(C(F)(F)F)ccn1)c1cnn(-c2cccc(F)c2)c1C(F)(F)F. The minimum atomic E-state index is -4.99. The fourth-order valence-electron chi connectivity index (χ4n) is 2.78. The van der Waals surface area contributed by atoms with E-state index in [1.165, 1.54) is 12.1 Å². The molecule has 0 radical (unpaired) electrons. The zero-order valence-corrected chi connectivity index (χ0v) is 15.4. The van der Waals surface area contributed by atoms with Gasteiger partial charge in [-0.15, -0.1) is 0 Å². The first-order valence-electron chi connectivity index (χ1n) is 8.68. The first-order chi connectivity index (χ1) is 14.5. The molecule has 0 aliphatic rings. The molecule has 3 rings (SSSR count). The summed E-state index contributed by atoms with van der Waals surface area (Å²) in [5.74, 6) is -1.93. The van der Waals surface area contributed by atoms with E-state index >= 15 is 0 Å². The number of hydrogen-bond acceptors (Lipinski definition) is 3. The second kappa shape index (κ2) is 8.36. The number of hydrogen-bond donors (Lipinski definition) is 1. The first-order valence-corrected chi connectivity index (χ1v) is 8.68. The zero-order valence-electron chi connectivity index (χ0n) is 15.4. The molecule has 12 heteroatoms. The Morgan fingerprint density at radius 2 is 1.77 bits per heavy atom. The number of amides is 1. The standard InChI is InChI=1S/C19H13F7N4O/c20-12-2-1-3-14(9-12)30-16(19(24,25)26)15(10-29-30)17(31)28-7-5-13-8-11(4-6-27-13)18(21,22)23/h1-4,6,8-10H,5,7H2,(H,28,31). The van der Waals surface area contributed by atoms with Gasteiger partial charge in [0.1, 0.15) is 5.82 Å². The van der Waals surface area contributed by atoms with Crippen LogP contribution in [0.15, 0.2) is 48.8 Å². The van der Waals surface area contributed by atoms with E-state index in [1.54, 1.807) is 0 Å². The Bertz CT molecular complexity index is 1090. The summed E-state index contributed by atoms with van der Waals surface area (Å²) in [5.41, 5.74) is -3.39. The van der Waals surface area contributed by atoms with E-state index in [4.69, 9.17) is 0 Å². The molecular formula is C19H13F7N4O. The van der Waals surface area contributed by atoms with Crippen molar-refractivity contribution in [2.45, 2.75) is 18.8 Å². The summed E-state index contributed by atoms with van der Waals surface area (Å²) in [6.45, 7) is -0.268. The number of aromatic nitrogens is 3. The van der Waals surface area contributed by atoms with Crippen LogP contribution in [-0.2, 0) is 18.8 Å². The molecule has 1 aromatic carbocycles. The Morgan fingerprint density at radius 1 is 1.03 bits per heavy atom. The van der Waals surface area contributed by atoms with E-state index in [2.05, 4.69) is 15.4 Å². The molecule has 1 N–H and O–H groups in total. The van der Waals surface area contributed by atoms with Gasteiger partial charge in [-0.25, -0.2) is 9.07 Å². The van der Waals surface area contributed by atoms with Crippen molar-refractivity contribution < 1.29 is 35.5 Å². The Labute approximate surface area is 170 Å². The number of nitrogens with one attached hydrogen (secondary N) is 1. The monoisotopic (exact) mass is 446 g/mol. The highest BCUT2D eigenvalue weighted by Crippen LogP contribution is 2.34. The Morgan fingerprint density at radius 3 is 2.42 bits per heavy atom. The van der Waals surface area contributed by atoms with E-state index in [9.17, 15) is 35.5 Å². The van der Waals surface area contributed by atoms with Gasteiger partial charge >= 0.3 is 12.4 Å². The van der Waals surface area contributed by atoms with Gasteiger partial charge in [-0.3, -0.25) is 9.78 Å². The molecule has 2 heterocycles. The number of halogens is 7. The van der Waals surface area contributed by atoms with Gasteiger partial charge in [0.25, 0.3) is 5.91 Å². The Hall–Kier alpha value is -3.44. The number of carbonyl (C=O) groups is 1. The number of rotatable bonds is 5. The van der Waals surface area contributed by atoms with E-state index < -0.39 is 40.9 Å². The normalized spacial score (nSPS) is 12.1. The van der Waals surface area contributed by atoms with Crippen molar-refractivity contribution in [3.63, 3.8) is 0 Å². The summed E-state index contributed by atoms with van der Waals surface area (Å²) in [5, 5.41) is 5.76. The molecule has 0 fully saturated rings. The summed E-state index contributed by atoms with van der Waals surface area (Å²) >= 11 is 0. The predicted molar refractivity (Wildman–Crippen MR) is 93.8 cm³/mol. The average molecular weight is 446 g/mol. The van der Waals surface area contributed by atoms with Crippen molar-refractivity contribution in [2.24, 2.45) is 0 Å². The highest BCUT2D eigenvalue weighted by molar-refractivity contribution is 5.95. The lowest BCUT2D eigenvalue weighted by Crippen LogP contribution is -2.28. The molecule has 164 valence electrons. The third kappa shape index (κ3) is 5.19. The molecule has 0 aliphatic carbocycles. The van der Waals surface area contributed by atoms with Gasteiger partial charge in [-0.2, -0.15) is 31.4 Å². The van der Waals surface area contributed by atoms with Crippen molar-refractivity contribution in [1.82, 2.24) is 20.1 Å². The Balaban J connectivity index is 1.78.